The van der Waals surface area contributed by atoms with Gasteiger partial charge in [0, 0.05) is 6.42 Å². The molecule has 2 amide bonds. The lowest BCUT2D eigenvalue weighted by molar-refractivity contribution is -0.297. The molecular formula is C68H129N2O19P. The van der Waals surface area contributed by atoms with E-state index >= 15 is 0 Å². The van der Waals surface area contributed by atoms with E-state index < -0.39 is 137 Å². The molecule has 21 nitrogen and oxygen atoms in total. The van der Waals surface area contributed by atoms with Gasteiger partial charge in [0.2, 0.25) is 11.8 Å². The second kappa shape index (κ2) is 52.9. The van der Waals surface area contributed by atoms with E-state index in [9.17, 15) is 64.2 Å². The summed E-state index contributed by atoms with van der Waals surface area (Å²) in [4.78, 5) is 75.4. The van der Waals surface area contributed by atoms with Crippen LogP contribution in [0, 0.1) is 0 Å². The highest BCUT2D eigenvalue weighted by atomic mass is 31.2. The first-order valence-electron chi connectivity index (χ1n) is 36.0. The van der Waals surface area contributed by atoms with Gasteiger partial charge in [-0.2, -0.15) is 0 Å². The lowest BCUT2D eigenvalue weighted by Gasteiger charge is -2.46. The highest BCUT2D eigenvalue weighted by Gasteiger charge is 2.53. The van der Waals surface area contributed by atoms with Gasteiger partial charge in [0.1, 0.15) is 48.7 Å². The minimum Gasteiger partial charge on any atom is -0.462 e. The number of carbonyl (C=O) groups excluding carboxylic acids is 4. The van der Waals surface area contributed by atoms with Gasteiger partial charge < -0.3 is 74.7 Å². The summed E-state index contributed by atoms with van der Waals surface area (Å²) in [6, 6.07) is -3.26. The fourth-order valence-electron chi connectivity index (χ4n) is 12.2. The second-order valence-electron chi connectivity index (χ2n) is 26.0. The topological polar surface area (TPSA) is 327 Å². The minimum absolute atomic E-state index is 0.140. The van der Waals surface area contributed by atoms with Gasteiger partial charge in [-0.05, 0) is 32.1 Å². The molecule has 10 N–H and O–H groups in total. The van der Waals surface area contributed by atoms with Crippen molar-refractivity contribution in [2.45, 2.75) is 396 Å². The molecule has 2 aliphatic rings. The summed E-state index contributed by atoms with van der Waals surface area (Å²) in [7, 11) is -5.50. The van der Waals surface area contributed by atoms with Crippen molar-refractivity contribution >= 4 is 31.6 Å². The quantitative estimate of drug-likeness (QED) is 0.0154. The highest BCUT2D eigenvalue weighted by molar-refractivity contribution is 7.46. The maximum absolute atomic E-state index is 14.4. The van der Waals surface area contributed by atoms with Crippen molar-refractivity contribution < 1.29 is 92.4 Å². The first-order valence-corrected chi connectivity index (χ1v) is 37.6. The normalized spacial score (nSPS) is 23.1. The van der Waals surface area contributed by atoms with Crippen LogP contribution in [0.25, 0.3) is 0 Å². The number of amides is 2. The van der Waals surface area contributed by atoms with E-state index in [1.807, 2.05) is 0 Å². The molecule has 90 heavy (non-hydrogen) atoms. The number of hydrogen-bond acceptors (Lipinski definition) is 17. The SMILES string of the molecule is CCCCCCCCCCCCCC(=O)O[C@H](CCCCCCCCCCC)CC(=O)O[C@@H]1C(NC(=O)C[C@H](O)CCCCCCCCCCC)[C@H](OCC2O[C@H](O)C(NC(=O)C[C@H](O)CCCCCCCCCCC)[C@@H](O)[C@@H]2O)OC(CO)[C@H]1OP(=O)(O)O. The standard InChI is InChI=1S/C68H129N2O19P/c1-5-9-13-17-21-25-26-30-34-38-42-46-59(76)85-54(45-41-37-33-29-24-20-16-12-8-4)49-60(77)88-66-62(70-58(75)48-53(73)44-40-36-32-28-23-19-15-11-7-3)68(87-55(50-71)65(66)89-90(81,82)83)84-51-56-63(78)64(79)61(67(80)86-56)69-57(74)47-52(72)43-39-35-31-27-22-18-14-10-6-2/h52-56,61-68,71-73,78-80H,5-51H2,1-4H3,(H,69,74)(H,70,75)(H2,81,82,83)/t52-,53-,54-,55?,56?,61?,62?,63-,64-,65-,66-,67+,68-/m1/s1. The van der Waals surface area contributed by atoms with Crippen molar-refractivity contribution in [1.29, 1.82) is 0 Å². The number of aliphatic hydroxyl groups is 6. The fraction of sp³-hybridized carbons (Fsp3) is 0.941. The number of phosphoric acid groups is 1. The molecule has 2 saturated heterocycles. The first kappa shape index (κ1) is 83.7. The molecule has 22 heteroatoms. The van der Waals surface area contributed by atoms with Crippen LogP contribution >= 0.6 is 7.82 Å². The molecule has 0 bridgehead atoms. The molecule has 0 aromatic carbocycles. The summed E-state index contributed by atoms with van der Waals surface area (Å²) in [5, 5.41) is 71.3. The molecule has 2 rings (SSSR count). The van der Waals surface area contributed by atoms with Crippen LogP contribution in [0.4, 0.5) is 0 Å². The number of phosphoric ester groups is 1. The highest BCUT2D eigenvalue weighted by Crippen LogP contribution is 2.42. The predicted molar refractivity (Wildman–Crippen MR) is 348 cm³/mol. The van der Waals surface area contributed by atoms with E-state index in [2.05, 4.69) is 38.3 Å². The summed E-state index contributed by atoms with van der Waals surface area (Å²) < 4.78 is 47.7. The van der Waals surface area contributed by atoms with Crippen molar-refractivity contribution in [1.82, 2.24) is 10.6 Å². The van der Waals surface area contributed by atoms with Crippen molar-refractivity contribution in [3.05, 3.63) is 0 Å². The summed E-state index contributed by atoms with van der Waals surface area (Å²) in [6.45, 7) is 7.00. The van der Waals surface area contributed by atoms with Crippen LogP contribution in [0.2, 0.25) is 0 Å². The lowest BCUT2D eigenvalue weighted by atomic mass is 9.95. The Balaban J connectivity index is 2.34. The van der Waals surface area contributed by atoms with Crippen molar-refractivity contribution in [2.75, 3.05) is 13.2 Å². The fourth-order valence-corrected chi connectivity index (χ4v) is 12.7. The Morgan fingerprint density at radius 1 is 0.467 bits per heavy atom. The Labute approximate surface area is 542 Å². The van der Waals surface area contributed by atoms with Gasteiger partial charge in [-0.15, -0.1) is 0 Å². The Morgan fingerprint density at radius 2 is 0.856 bits per heavy atom. The van der Waals surface area contributed by atoms with Crippen LogP contribution in [0.15, 0.2) is 0 Å². The van der Waals surface area contributed by atoms with Crippen LogP contribution < -0.4 is 10.6 Å². The van der Waals surface area contributed by atoms with Crippen LogP contribution in [0.5, 0.6) is 0 Å². The number of aliphatic hydroxyl groups excluding tert-OH is 6. The zero-order valence-electron chi connectivity index (χ0n) is 56.3. The zero-order chi connectivity index (χ0) is 66.2. The minimum atomic E-state index is -5.50. The molecule has 0 radical (unpaired) electrons. The predicted octanol–water partition coefficient (Wildman–Crippen LogP) is 11.8. The van der Waals surface area contributed by atoms with Gasteiger partial charge in [0.25, 0.3) is 0 Å². The molecule has 4 unspecified atom stereocenters. The monoisotopic (exact) mass is 1310 g/mol. The van der Waals surface area contributed by atoms with Gasteiger partial charge in [-0.1, -0.05) is 259 Å². The van der Waals surface area contributed by atoms with E-state index in [0.29, 0.717) is 38.5 Å². The van der Waals surface area contributed by atoms with Gasteiger partial charge in [-0.3, -0.25) is 23.7 Å². The zero-order valence-corrected chi connectivity index (χ0v) is 57.1. The summed E-state index contributed by atoms with van der Waals surface area (Å²) in [5.74, 6) is -3.00. The van der Waals surface area contributed by atoms with E-state index in [-0.39, 0.29) is 19.3 Å². The summed E-state index contributed by atoms with van der Waals surface area (Å²) in [5.41, 5.74) is 0. The molecule has 0 aromatic heterocycles. The molecular weight excluding hydrogens is 1180 g/mol. The molecule has 0 aromatic rings. The molecule has 530 valence electrons. The Hall–Kier alpha value is -2.37. The van der Waals surface area contributed by atoms with Crippen LogP contribution in [-0.4, -0.2) is 157 Å². The number of nitrogens with one attached hydrogen (secondary N) is 2. The Bertz CT molecular complexity index is 1850. The van der Waals surface area contributed by atoms with Crippen LogP contribution in [0.1, 0.15) is 317 Å². The Kier molecular flexibility index (Phi) is 49.2. The molecule has 0 aliphatic carbocycles. The first-order chi connectivity index (χ1) is 43.4. The summed E-state index contributed by atoms with van der Waals surface area (Å²) >= 11 is 0. The maximum Gasteiger partial charge on any atom is 0.470 e. The Morgan fingerprint density at radius 3 is 1.27 bits per heavy atom. The van der Waals surface area contributed by atoms with Crippen molar-refractivity contribution in [2.24, 2.45) is 0 Å². The van der Waals surface area contributed by atoms with Crippen LogP contribution in [0.3, 0.4) is 0 Å². The van der Waals surface area contributed by atoms with E-state index in [1.165, 1.54) is 96.3 Å². The van der Waals surface area contributed by atoms with Gasteiger partial charge in [-0.25, -0.2) is 4.57 Å². The van der Waals surface area contributed by atoms with Gasteiger partial charge in [0.05, 0.1) is 44.7 Å². The van der Waals surface area contributed by atoms with Crippen molar-refractivity contribution in [3.63, 3.8) is 0 Å². The molecule has 13 atom stereocenters. The number of esters is 2. The van der Waals surface area contributed by atoms with E-state index in [1.54, 1.807) is 0 Å². The van der Waals surface area contributed by atoms with Gasteiger partial charge >= 0.3 is 19.8 Å². The molecule has 0 spiro atoms. The third-order valence-corrected chi connectivity index (χ3v) is 18.1. The van der Waals surface area contributed by atoms with Gasteiger partial charge in [0.15, 0.2) is 18.7 Å². The number of ether oxygens (including phenoxy) is 5. The number of hydrogen-bond donors (Lipinski definition) is 10. The molecule has 2 fully saturated rings. The largest absolute Gasteiger partial charge is 0.470 e. The van der Waals surface area contributed by atoms with E-state index in [4.69, 9.17) is 28.2 Å². The third kappa shape index (κ3) is 40.1. The van der Waals surface area contributed by atoms with E-state index in [0.717, 1.165) is 122 Å². The number of unbranched alkanes of at least 4 members (excludes halogenated alkanes) is 34. The number of carbonyl (C=O) groups is 4. The maximum atomic E-state index is 14.4. The molecule has 2 aliphatic heterocycles. The molecule has 2 heterocycles. The van der Waals surface area contributed by atoms with Crippen molar-refractivity contribution in [3.8, 4) is 0 Å². The molecule has 0 saturated carbocycles. The lowest BCUT2D eigenvalue weighted by Crippen LogP contribution is -2.67. The average molecular weight is 1310 g/mol. The average Bonchev–Trinajstić information content (AvgIpc) is 1.16. The number of rotatable bonds is 58. The van der Waals surface area contributed by atoms with Crippen LogP contribution in [-0.2, 0) is 52.0 Å². The second-order valence-corrected chi connectivity index (χ2v) is 27.2. The third-order valence-electron chi connectivity index (χ3n) is 17.6. The smallest absolute Gasteiger partial charge is 0.462 e. The summed E-state index contributed by atoms with van der Waals surface area (Å²) in [6.07, 6.45) is 22.6.